The molecule has 1 fully saturated rings. The van der Waals surface area contributed by atoms with Gasteiger partial charge in [0.25, 0.3) is 10.0 Å². The van der Waals surface area contributed by atoms with Gasteiger partial charge in [0.05, 0.1) is 6.20 Å². The summed E-state index contributed by atoms with van der Waals surface area (Å²) >= 11 is 0. The summed E-state index contributed by atoms with van der Waals surface area (Å²) in [7, 11) is -3.76. The molecule has 3 heterocycles. The summed E-state index contributed by atoms with van der Waals surface area (Å²) in [4.78, 5) is 15.2. The van der Waals surface area contributed by atoms with Gasteiger partial charge in [-0.2, -0.15) is 4.31 Å². The van der Waals surface area contributed by atoms with Gasteiger partial charge in [-0.15, -0.1) is 0 Å². The fraction of sp³-hybridized carbons (Fsp3) is 0.636. The van der Waals surface area contributed by atoms with Crippen LogP contribution in [0.5, 0.6) is 0 Å². The summed E-state index contributed by atoms with van der Waals surface area (Å²) in [5, 5.41) is 9.24. The van der Waals surface area contributed by atoms with Gasteiger partial charge >= 0.3 is 5.97 Å². The molecule has 1 saturated heterocycles. The van der Waals surface area contributed by atoms with Crippen molar-refractivity contribution in [3.8, 4) is 0 Å². The Morgan fingerprint density at radius 1 is 1.37 bits per heavy atom. The summed E-state index contributed by atoms with van der Waals surface area (Å²) in [6.07, 6.45) is 3.96. The van der Waals surface area contributed by atoms with Crippen molar-refractivity contribution in [1.82, 2.24) is 13.9 Å². The maximum atomic E-state index is 12.6. The minimum Gasteiger partial charge on any atom is -0.480 e. The number of nitrogens with zero attached hydrogens (tertiary/aromatic N) is 3. The lowest BCUT2D eigenvalue weighted by Gasteiger charge is -2.21. The van der Waals surface area contributed by atoms with Crippen LogP contribution in [0.4, 0.5) is 0 Å². The van der Waals surface area contributed by atoms with Gasteiger partial charge in [-0.05, 0) is 19.3 Å². The fourth-order valence-corrected chi connectivity index (χ4v) is 4.63. The highest BCUT2D eigenvalue weighted by atomic mass is 32.2. The zero-order valence-electron chi connectivity index (χ0n) is 10.3. The van der Waals surface area contributed by atoms with E-state index in [0.717, 1.165) is 23.0 Å². The number of imidazole rings is 1. The van der Waals surface area contributed by atoms with Crippen LogP contribution in [-0.2, 0) is 27.8 Å². The summed E-state index contributed by atoms with van der Waals surface area (Å²) in [5.41, 5.74) is 0. The number of carboxylic acids is 1. The number of hydrogen-bond acceptors (Lipinski definition) is 4. The van der Waals surface area contributed by atoms with Crippen LogP contribution in [0.1, 0.15) is 25.1 Å². The lowest BCUT2D eigenvalue weighted by atomic mass is 10.2. The van der Waals surface area contributed by atoms with Gasteiger partial charge in [0.1, 0.15) is 11.9 Å². The highest BCUT2D eigenvalue weighted by molar-refractivity contribution is 7.89. The molecular formula is C11H15N3O4S. The first-order valence-electron chi connectivity index (χ1n) is 6.31. The maximum absolute atomic E-state index is 12.6. The second kappa shape index (κ2) is 4.31. The molecule has 1 aromatic rings. The Labute approximate surface area is 110 Å². The summed E-state index contributed by atoms with van der Waals surface area (Å²) in [5.74, 6) is -0.313. The topological polar surface area (TPSA) is 92.5 Å². The SMILES string of the molecule is O=C(O)[C@@H]1CCCN1S(=O)(=O)c1cnc2n1CCC2. The molecule has 0 aromatic carbocycles. The maximum Gasteiger partial charge on any atom is 0.322 e. The van der Waals surface area contributed by atoms with E-state index < -0.39 is 22.0 Å². The molecule has 2 aliphatic heterocycles. The minimum atomic E-state index is -3.76. The number of fused-ring (bicyclic) bond motifs is 1. The van der Waals surface area contributed by atoms with Gasteiger partial charge in [-0.3, -0.25) is 4.79 Å². The minimum absolute atomic E-state index is 0.133. The Morgan fingerprint density at radius 3 is 2.89 bits per heavy atom. The molecule has 0 saturated carbocycles. The van der Waals surface area contributed by atoms with Crippen molar-refractivity contribution in [3.63, 3.8) is 0 Å². The Morgan fingerprint density at radius 2 is 2.16 bits per heavy atom. The quantitative estimate of drug-likeness (QED) is 0.848. The number of rotatable bonds is 3. The molecular weight excluding hydrogens is 270 g/mol. The van der Waals surface area contributed by atoms with Gasteiger partial charge in [-0.25, -0.2) is 13.4 Å². The van der Waals surface area contributed by atoms with Crippen molar-refractivity contribution in [2.24, 2.45) is 0 Å². The fourth-order valence-electron chi connectivity index (χ4n) is 2.83. The molecule has 7 nitrogen and oxygen atoms in total. The van der Waals surface area contributed by atoms with E-state index in [-0.39, 0.29) is 11.6 Å². The molecule has 0 unspecified atom stereocenters. The van der Waals surface area contributed by atoms with Crippen molar-refractivity contribution in [3.05, 3.63) is 12.0 Å². The molecule has 1 aromatic heterocycles. The molecule has 3 rings (SSSR count). The Kier molecular flexibility index (Phi) is 2.86. The van der Waals surface area contributed by atoms with Crippen LogP contribution in [0.15, 0.2) is 11.2 Å². The number of aryl methyl sites for hydroxylation is 1. The van der Waals surface area contributed by atoms with Crippen molar-refractivity contribution in [1.29, 1.82) is 0 Å². The van der Waals surface area contributed by atoms with E-state index in [0.29, 0.717) is 19.4 Å². The third kappa shape index (κ3) is 1.86. The molecule has 0 spiro atoms. The smallest absolute Gasteiger partial charge is 0.322 e. The molecule has 0 amide bonds. The zero-order valence-corrected chi connectivity index (χ0v) is 11.1. The van der Waals surface area contributed by atoms with Crippen LogP contribution < -0.4 is 0 Å². The zero-order chi connectivity index (χ0) is 13.6. The lowest BCUT2D eigenvalue weighted by Crippen LogP contribution is -2.41. The van der Waals surface area contributed by atoms with Gasteiger partial charge in [-0.1, -0.05) is 0 Å². The molecule has 0 bridgehead atoms. The van der Waals surface area contributed by atoms with Crippen LogP contribution in [0.25, 0.3) is 0 Å². The first kappa shape index (κ1) is 12.6. The third-order valence-electron chi connectivity index (χ3n) is 3.75. The van der Waals surface area contributed by atoms with Crippen LogP contribution in [0.2, 0.25) is 0 Å². The highest BCUT2D eigenvalue weighted by Crippen LogP contribution is 2.28. The molecule has 8 heteroatoms. The van der Waals surface area contributed by atoms with Crippen LogP contribution in [-0.4, -0.2) is 45.9 Å². The first-order chi connectivity index (χ1) is 9.01. The van der Waals surface area contributed by atoms with Gasteiger partial charge < -0.3 is 9.67 Å². The van der Waals surface area contributed by atoms with E-state index in [9.17, 15) is 13.2 Å². The van der Waals surface area contributed by atoms with Gasteiger partial charge in [0.2, 0.25) is 0 Å². The average Bonchev–Trinajstić information content (AvgIpc) is 3.04. The summed E-state index contributed by atoms with van der Waals surface area (Å²) in [6, 6.07) is -0.947. The summed E-state index contributed by atoms with van der Waals surface area (Å²) < 4.78 is 27.9. The molecule has 1 atom stereocenters. The largest absolute Gasteiger partial charge is 0.480 e. The van der Waals surface area contributed by atoms with E-state index in [1.54, 1.807) is 4.57 Å². The Bertz CT molecular complexity index is 622. The predicted octanol–water partition coefficient (Wildman–Crippen LogP) is 0.0670. The van der Waals surface area contributed by atoms with Crippen molar-refractivity contribution in [2.75, 3.05) is 6.54 Å². The Balaban J connectivity index is 2.00. The van der Waals surface area contributed by atoms with Crippen LogP contribution in [0.3, 0.4) is 0 Å². The number of hydrogen-bond donors (Lipinski definition) is 1. The second-order valence-corrected chi connectivity index (χ2v) is 6.72. The first-order valence-corrected chi connectivity index (χ1v) is 7.75. The lowest BCUT2D eigenvalue weighted by molar-refractivity contribution is -0.140. The number of aromatic nitrogens is 2. The molecule has 0 aliphatic carbocycles. The molecule has 2 aliphatic rings. The molecule has 104 valence electrons. The van der Waals surface area contributed by atoms with Gasteiger partial charge in [0, 0.05) is 19.5 Å². The van der Waals surface area contributed by atoms with Crippen molar-refractivity contribution in [2.45, 2.75) is 43.3 Å². The van der Waals surface area contributed by atoms with Crippen molar-refractivity contribution < 1.29 is 18.3 Å². The molecule has 0 radical (unpaired) electrons. The Hall–Kier alpha value is -1.41. The number of carboxylic acid groups (broad SMARTS) is 1. The van der Waals surface area contributed by atoms with E-state index in [2.05, 4.69) is 4.98 Å². The van der Waals surface area contributed by atoms with Gasteiger partial charge in [0.15, 0.2) is 5.03 Å². The van der Waals surface area contributed by atoms with Crippen molar-refractivity contribution >= 4 is 16.0 Å². The summed E-state index contributed by atoms with van der Waals surface area (Å²) in [6.45, 7) is 0.898. The predicted molar refractivity (Wildman–Crippen MR) is 65.1 cm³/mol. The van der Waals surface area contributed by atoms with E-state index >= 15 is 0 Å². The number of aliphatic carboxylic acids is 1. The third-order valence-corrected chi connectivity index (χ3v) is 5.65. The van der Waals surface area contributed by atoms with Crippen LogP contribution in [0, 0.1) is 0 Å². The van der Waals surface area contributed by atoms with Crippen LogP contribution >= 0.6 is 0 Å². The normalized spacial score (nSPS) is 23.7. The number of sulfonamides is 1. The molecule has 19 heavy (non-hydrogen) atoms. The highest BCUT2D eigenvalue weighted by Gasteiger charge is 2.41. The monoisotopic (exact) mass is 285 g/mol. The number of carbonyl (C=O) groups is 1. The van der Waals surface area contributed by atoms with E-state index in [4.69, 9.17) is 5.11 Å². The standard InChI is InChI=1S/C11H15N3O4S/c15-11(16)8-3-1-6-14(8)19(17,18)10-7-12-9-4-2-5-13(9)10/h7-8H,1-6H2,(H,15,16)/t8-/m0/s1. The molecule has 1 N–H and O–H groups in total. The second-order valence-electron chi connectivity index (χ2n) is 4.88. The van der Waals surface area contributed by atoms with E-state index in [1.807, 2.05) is 0 Å². The average molecular weight is 285 g/mol. The van der Waals surface area contributed by atoms with E-state index in [1.165, 1.54) is 6.20 Å².